The fraction of sp³-hybridized carbons (Fsp3) is 0.417. The molecular weight excluding hydrogens is 188 g/mol. The van der Waals surface area contributed by atoms with Gasteiger partial charge in [0.1, 0.15) is 0 Å². The van der Waals surface area contributed by atoms with E-state index in [2.05, 4.69) is 29.7 Å². The number of carbonyl (C=O) groups is 1. The predicted molar refractivity (Wildman–Crippen MR) is 59.4 cm³/mol. The van der Waals surface area contributed by atoms with Crippen LogP contribution in [0.4, 0.5) is 0 Å². The Kier molecular flexibility index (Phi) is 3.02. The fourth-order valence-corrected chi connectivity index (χ4v) is 1.63. The first-order valence-corrected chi connectivity index (χ1v) is 5.29. The maximum absolute atomic E-state index is 11.5. The Hall–Kier alpha value is -1.35. The molecule has 15 heavy (non-hydrogen) atoms. The Morgan fingerprint density at radius 3 is 2.93 bits per heavy atom. The highest BCUT2D eigenvalue weighted by Crippen LogP contribution is 2.05. The van der Waals surface area contributed by atoms with Gasteiger partial charge in [0.05, 0.1) is 5.92 Å². The SMILES string of the molecule is Cc1cccc(CNC(=O)C2CNC2)c1. The normalized spacial score (nSPS) is 15.8. The molecule has 1 aromatic rings. The molecule has 1 saturated heterocycles. The molecule has 0 radical (unpaired) electrons. The summed E-state index contributed by atoms with van der Waals surface area (Å²) in [6.45, 7) is 4.33. The van der Waals surface area contributed by atoms with Gasteiger partial charge in [-0.3, -0.25) is 4.79 Å². The van der Waals surface area contributed by atoms with Crippen molar-refractivity contribution in [2.45, 2.75) is 13.5 Å². The van der Waals surface area contributed by atoms with Gasteiger partial charge < -0.3 is 10.6 Å². The van der Waals surface area contributed by atoms with Gasteiger partial charge in [-0.1, -0.05) is 29.8 Å². The van der Waals surface area contributed by atoms with Crippen LogP contribution in [0.25, 0.3) is 0 Å². The molecule has 1 aromatic carbocycles. The zero-order valence-corrected chi connectivity index (χ0v) is 8.92. The first-order valence-electron chi connectivity index (χ1n) is 5.29. The molecular formula is C12H16N2O. The van der Waals surface area contributed by atoms with Gasteiger partial charge in [0.2, 0.25) is 5.91 Å². The van der Waals surface area contributed by atoms with Crippen LogP contribution in [0.1, 0.15) is 11.1 Å². The van der Waals surface area contributed by atoms with Crippen molar-refractivity contribution in [3.05, 3.63) is 35.4 Å². The van der Waals surface area contributed by atoms with Crippen LogP contribution in [-0.2, 0) is 11.3 Å². The zero-order chi connectivity index (χ0) is 10.7. The predicted octanol–water partition coefficient (Wildman–Crippen LogP) is 0.831. The van der Waals surface area contributed by atoms with Gasteiger partial charge in [0.25, 0.3) is 0 Å². The van der Waals surface area contributed by atoms with E-state index in [1.165, 1.54) is 5.56 Å². The van der Waals surface area contributed by atoms with Crippen molar-refractivity contribution in [3.8, 4) is 0 Å². The van der Waals surface area contributed by atoms with E-state index in [1.54, 1.807) is 0 Å². The number of benzene rings is 1. The summed E-state index contributed by atoms with van der Waals surface area (Å²) in [5.41, 5.74) is 2.39. The molecule has 1 aliphatic heterocycles. The molecule has 3 heteroatoms. The second-order valence-corrected chi connectivity index (χ2v) is 4.06. The number of hydrogen-bond acceptors (Lipinski definition) is 2. The number of carbonyl (C=O) groups excluding carboxylic acids is 1. The van der Waals surface area contributed by atoms with Crippen molar-refractivity contribution in [2.24, 2.45) is 5.92 Å². The maximum Gasteiger partial charge on any atom is 0.225 e. The quantitative estimate of drug-likeness (QED) is 0.765. The molecule has 0 bridgehead atoms. The van der Waals surface area contributed by atoms with Crippen molar-refractivity contribution >= 4 is 5.91 Å². The van der Waals surface area contributed by atoms with Crippen LogP contribution in [0.15, 0.2) is 24.3 Å². The third-order valence-corrected chi connectivity index (χ3v) is 2.70. The molecule has 0 saturated carbocycles. The molecule has 0 atom stereocenters. The minimum Gasteiger partial charge on any atom is -0.352 e. The molecule has 1 fully saturated rings. The summed E-state index contributed by atoms with van der Waals surface area (Å²) in [5.74, 6) is 0.338. The van der Waals surface area contributed by atoms with Crippen LogP contribution in [-0.4, -0.2) is 19.0 Å². The van der Waals surface area contributed by atoms with Crippen molar-refractivity contribution in [3.63, 3.8) is 0 Å². The highest BCUT2D eigenvalue weighted by atomic mass is 16.2. The lowest BCUT2D eigenvalue weighted by molar-refractivity contribution is -0.126. The number of amides is 1. The number of aryl methyl sites for hydroxylation is 1. The average molecular weight is 204 g/mol. The minimum absolute atomic E-state index is 0.162. The Morgan fingerprint density at radius 1 is 1.53 bits per heavy atom. The lowest BCUT2D eigenvalue weighted by Gasteiger charge is -2.25. The smallest absolute Gasteiger partial charge is 0.225 e. The highest BCUT2D eigenvalue weighted by Gasteiger charge is 2.24. The van der Waals surface area contributed by atoms with E-state index in [4.69, 9.17) is 0 Å². The van der Waals surface area contributed by atoms with Gasteiger partial charge in [0, 0.05) is 19.6 Å². The van der Waals surface area contributed by atoms with Gasteiger partial charge >= 0.3 is 0 Å². The van der Waals surface area contributed by atoms with Crippen molar-refractivity contribution in [1.29, 1.82) is 0 Å². The summed E-state index contributed by atoms with van der Waals surface area (Å²) in [6, 6.07) is 8.20. The summed E-state index contributed by atoms with van der Waals surface area (Å²) in [4.78, 5) is 11.5. The fourth-order valence-electron chi connectivity index (χ4n) is 1.63. The maximum atomic E-state index is 11.5. The van der Waals surface area contributed by atoms with Crippen LogP contribution in [0, 0.1) is 12.8 Å². The second kappa shape index (κ2) is 4.45. The van der Waals surface area contributed by atoms with E-state index in [1.807, 2.05) is 12.1 Å². The summed E-state index contributed by atoms with van der Waals surface area (Å²) < 4.78 is 0. The molecule has 0 aliphatic carbocycles. The highest BCUT2D eigenvalue weighted by molar-refractivity contribution is 5.79. The lowest BCUT2D eigenvalue weighted by Crippen LogP contribution is -2.50. The third kappa shape index (κ3) is 2.57. The minimum atomic E-state index is 0.162. The monoisotopic (exact) mass is 204 g/mol. The van der Waals surface area contributed by atoms with E-state index in [-0.39, 0.29) is 11.8 Å². The lowest BCUT2D eigenvalue weighted by atomic mass is 10.0. The molecule has 1 amide bonds. The van der Waals surface area contributed by atoms with E-state index in [9.17, 15) is 4.79 Å². The van der Waals surface area contributed by atoms with Crippen molar-refractivity contribution < 1.29 is 4.79 Å². The van der Waals surface area contributed by atoms with Crippen LogP contribution >= 0.6 is 0 Å². The standard InChI is InChI=1S/C12H16N2O/c1-9-3-2-4-10(5-9)6-14-12(15)11-7-13-8-11/h2-5,11,13H,6-8H2,1H3,(H,14,15). The Balaban J connectivity index is 1.84. The van der Waals surface area contributed by atoms with Gasteiger partial charge in [-0.05, 0) is 12.5 Å². The summed E-state index contributed by atoms with van der Waals surface area (Å²) in [5, 5.41) is 6.04. The molecule has 0 aromatic heterocycles. The third-order valence-electron chi connectivity index (χ3n) is 2.70. The first kappa shape index (κ1) is 10.2. The van der Waals surface area contributed by atoms with Crippen LogP contribution in [0.3, 0.4) is 0 Å². The topological polar surface area (TPSA) is 41.1 Å². The number of nitrogens with one attached hydrogen (secondary N) is 2. The first-order chi connectivity index (χ1) is 7.25. The molecule has 2 rings (SSSR count). The summed E-state index contributed by atoms with van der Waals surface area (Å²) in [6.07, 6.45) is 0. The molecule has 3 nitrogen and oxygen atoms in total. The van der Waals surface area contributed by atoms with E-state index in [0.29, 0.717) is 6.54 Å². The molecule has 0 unspecified atom stereocenters. The average Bonchev–Trinajstić information content (AvgIpc) is 2.12. The molecule has 0 spiro atoms. The summed E-state index contributed by atoms with van der Waals surface area (Å²) in [7, 11) is 0. The van der Waals surface area contributed by atoms with E-state index in [0.717, 1.165) is 18.7 Å². The van der Waals surface area contributed by atoms with E-state index >= 15 is 0 Å². The zero-order valence-electron chi connectivity index (χ0n) is 8.92. The second-order valence-electron chi connectivity index (χ2n) is 4.06. The van der Waals surface area contributed by atoms with Gasteiger partial charge in [-0.25, -0.2) is 0 Å². The van der Waals surface area contributed by atoms with Gasteiger partial charge in [-0.2, -0.15) is 0 Å². The van der Waals surface area contributed by atoms with Crippen LogP contribution < -0.4 is 10.6 Å². The van der Waals surface area contributed by atoms with Crippen molar-refractivity contribution in [1.82, 2.24) is 10.6 Å². The van der Waals surface area contributed by atoms with E-state index < -0.39 is 0 Å². The number of rotatable bonds is 3. The molecule has 2 N–H and O–H groups in total. The Morgan fingerprint density at radius 2 is 2.33 bits per heavy atom. The van der Waals surface area contributed by atoms with Gasteiger partial charge in [-0.15, -0.1) is 0 Å². The Bertz CT molecular complexity index is 358. The van der Waals surface area contributed by atoms with Crippen LogP contribution in [0.2, 0.25) is 0 Å². The molecule has 1 heterocycles. The number of hydrogen-bond donors (Lipinski definition) is 2. The largest absolute Gasteiger partial charge is 0.352 e. The van der Waals surface area contributed by atoms with Crippen molar-refractivity contribution in [2.75, 3.05) is 13.1 Å². The van der Waals surface area contributed by atoms with Crippen LogP contribution in [0.5, 0.6) is 0 Å². The summed E-state index contributed by atoms with van der Waals surface area (Å²) >= 11 is 0. The molecule has 1 aliphatic rings. The Labute approximate surface area is 89.9 Å². The van der Waals surface area contributed by atoms with Gasteiger partial charge in [0.15, 0.2) is 0 Å². The molecule has 80 valence electrons.